The van der Waals surface area contributed by atoms with Gasteiger partial charge in [-0.3, -0.25) is 9.69 Å². The van der Waals surface area contributed by atoms with E-state index in [1.807, 2.05) is 0 Å². The standard InChI is InChI=1S/C20H24N2O5S/c1-5-22-10-9-12-15(11-22)28-19(16(12)20(24)27-4)21-18(23)13-7-6-8-14(25-2)17(13)26-3/h6-8H,5,9-11H2,1-4H3,(H,21,23). The van der Waals surface area contributed by atoms with Gasteiger partial charge in [-0.05, 0) is 30.7 Å². The van der Waals surface area contributed by atoms with E-state index in [1.165, 1.54) is 32.7 Å². The van der Waals surface area contributed by atoms with Crippen LogP contribution < -0.4 is 14.8 Å². The van der Waals surface area contributed by atoms with Crippen LogP contribution in [0.15, 0.2) is 18.2 Å². The van der Waals surface area contributed by atoms with Crippen molar-refractivity contribution >= 4 is 28.2 Å². The van der Waals surface area contributed by atoms with Crippen molar-refractivity contribution in [3.05, 3.63) is 39.8 Å². The fourth-order valence-electron chi connectivity index (χ4n) is 3.37. The maximum absolute atomic E-state index is 13.0. The summed E-state index contributed by atoms with van der Waals surface area (Å²) in [5.74, 6) is 0.00945. The first-order valence-electron chi connectivity index (χ1n) is 9.01. The Kier molecular flexibility index (Phi) is 6.21. The number of likely N-dealkylation sites (N-methyl/N-ethyl adjacent to an activating group) is 1. The third-order valence-electron chi connectivity index (χ3n) is 4.85. The molecule has 0 unspecified atom stereocenters. The summed E-state index contributed by atoms with van der Waals surface area (Å²) >= 11 is 1.42. The van der Waals surface area contributed by atoms with Gasteiger partial charge in [0.2, 0.25) is 0 Å². The number of fused-ring (bicyclic) bond motifs is 1. The van der Waals surface area contributed by atoms with Crippen LogP contribution >= 0.6 is 11.3 Å². The molecule has 0 radical (unpaired) electrons. The number of anilines is 1. The quantitative estimate of drug-likeness (QED) is 0.745. The van der Waals surface area contributed by atoms with E-state index in [9.17, 15) is 9.59 Å². The van der Waals surface area contributed by atoms with Crippen molar-refractivity contribution in [3.8, 4) is 11.5 Å². The molecule has 1 aliphatic rings. The molecule has 0 bridgehead atoms. The SMILES string of the molecule is CCN1CCc2c(sc(NC(=O)c3cccc(OC)c3OC)c2C(=O)OC)C1. The maximum Gasteiger partial charge on any atom is 0.341 e. The zero-order chi connectivity index (χ0) is 20.3. The molecule has 1 aliphatic heterocycles. The summed E-state index contributed by atoms with van der Waals surface area (Å²) in [4.78, 5) is 28.8. The van der Waals surface area contributed by atoms with Crippen molar-refractivity contribution in [1.29, 1.82) is 0 Å². The monoisotopic (exact) mass is 404 g/mol. The minimum absolute atomic E-state index is 0.333. The number of methoxy groups -OCH3 is 3. The Labute approximate surface area is 168 Å². The molecule has 150 valence electrons. The molecule has 3 rings (SSSR count). The summed E-state index contributed by atoms with van der Waals surface area (Å²) in [6.07, 6.45) is 0.752. The summed E-state index contributed by atoms with van der Waals surface area (Å²) in [6.45, 7) is 4.69. The van der Waals surface area contributed by atoms with Crippen LogP contribution in [0.5, 0.6) is 11.5 Å². The number of para-hydroxylation sites is 1. The minimum atomic E-state index is -0.435. The highest BCUT2D eigenvalue weighted by Crippen LogP contribution is 2.38. The highest BCUT2D eigenvalue weighted by molar-refractivity contribution is 7.17. The highest BCUT2D eigenvalue weighted by Gasteiger charge is 2.29. The first-order valence-corrected chi connectivity index (χ1v) is 9.83. The molecule has 1 N–H and O–H groups in total. The van der Waals surface area contributed by atoms with Crippen LogP contribution in [-0.4, -0.2) is 51.2 Å². The fraction of sp³-hybridized carbons (Fsp3) is 0.400. The average Bonchev–Trinajstić information content (AvgIpc) is 3.08. The number of hydrogen-bond donors (Lipinski definition) is 1. The van der Waals surface area contributed by atoms with Gasteiger partial charge in [-0.15, -0.1) is 11.3 Å². The van der Waals surface area contributed by atoms with Crippen molar-refractivity contribution in [2.45, 2.75) is 19.9 Å². The number of amides is 1. The molecule has 1 amide bonds. The molecule has 0 spiro atoms. The van der Waals surface area contributed by atoms with Gasteiger partial charge in [-0.2, -0.15) is 0 Å². The Hall–Kier alpha value is -2.58. The predicted molar refractivity (Wildman–Crippen MR) is 108 cm³/mol. The van der Waals surface area contributed by atoms with Gasteiger partial charge in [-0.25, -0.2) is 4.79 Å². The van der Waals surface area contributed by atoms with Gasteiger partial charge in [0.15, 0.2) is 11.5 Å². The van der Waals surface area contributed by atoms with Crippen LogP contribution in [0.1, 0.15) is 38.1 Å². The van der Waals surface area contributed by atoms with Crippen LogP contribution in [0.3, 0.4) is 0 Å². The molecular weight excluding hydrogens is 380 g/mol. The number of carbonyl (C=O) groups excluding carboxylic acids is 2. The van der Waals surface area contributed by atoms with Gasteiger partial charge in [0.1, 0.15) is 5.00 Å². The Morgan fingerprint density at radius 3 is 2.64 bits per heavy atom. The minimum Gasteiger partial charge on any atom is -0.493 e. The summed E-state index contributed by atoms with van der Waals surface area (Å²) in [6, 6.07) is 5.09. The summed E-state index contributed by atoms with van der Waals surface area (Å²) in [7, 11) is 4.35. The molecule has 1 aromatic carbocycles. The Morgan fingerprint density at radius 1 is 1.21 bits per heavy atom. The smallest absolute Gasteiger partial charge is 0.341 e. The molecule has 7 nitrogen and oxygen atoms in total. The number of ether oxygens (including phenoxy) is 3. The normalized spacial score (nSPS) is 13.6. The number of nitrogens with zero attached hydrogens (tertiary/aromatic N) is 1. The third-order valence-corrected chi connectivity index (χ3v) is 5.98. The summed E-state index contributed by atoms with van der Waals surface area (Å²) in [5.41, 5.74) is 1.75. The molecule has 28 heavy (non-hydrogen) atoms. The second-order valence-electron chi connectivity index (χ2n) is 6.31. The molecular formula is C20H24N2O5S. The van der Waals surface area contributed by atoms with E-state index in [-0.39, 0.29) is 5.91 Å². The Balaban J connectivity index is 1.97. The topological polar surface area (TPSA) is 77.1 Å². The number of hydrogen-bond acceptors (Lipinski definition) is 7. The van der Waals surface area contributed by atoms with E-state index in [1.54, 1.807) is 18.2 Å². The lowest BCUT2D eigenvalue weighted by molar-refractivity contribution is 0.0600. The molecule has 8 heteroatoms. The zero-order valence-electron chi connectivity index (χ0n) is 16.5. The van der Waals surface area contributed by atoms with Gasteiger partial charge in [0, 0.05) is 18.0 Å². The summed E-state index contributed by atoms with van der Waals surface area (Å²) in [5, 5.41) is 3.39. The van der Waals surface area contributed by atoms with Crippen LogP contribution in [0, 0.1) is 0 Å². The fourth-order valence-corrected chi connectivity index (χ4v) is 4.64. The maximum atomic E-state index is 13.0. The number of nitrogens with one attached hydrogen (secondary N) is 1. The first kappa shape index (κ1) is 20.2. The largest absolute Gasteiger partial charge is 0.493 e. The second kappa shape index (κ2) is 8.62. The van der Waals surface area contributed by atoms with E-state index in [0.717, 1.165) is 36.5 Å². The van der Waals surface area contributed by atoms with E-state index in [2.05, 4.69) is 17.1 Å². The van der Waals surface area contributed by atoms with Gasteiger partial charge in [0.25, 0.3) is 5.91 Å². The van der Waals surface area contributed by atoms with Crippen molar-refractivity contribution in [1.82, 2.24) is 4.90 Å². The van der Waals surface area contributed by atoms with E-state index < -0.39 is 5.97 Å². The molecule has 0 saturated heterocycles. The van der Waals surface area contributed by atoms with E-state index >= 15 is 0 Å². The number of benzene rings is 1. The van der Waals surface area contributed by atoms with E-state index in [4.69, 9.17) is 14.2 Å². The Bertz CT molecular complexity index is 893. The number of carbonyl (C=O) groups is 2. The van der Waals surface area contributed by atoms with Crippen molar-refractivity contribution in [3.63, 3.8) is 0 Å². The molecule has 0 aliphatic carbocycles. The number of thiophene rings is 1. The van der Waals surface area contributed by atoms with E-state index in [0.29, 0.717) is 27.6 Å². The average molecular weight is 404 g/mol. The van der Waals surface area contributed by atoms with Gasteiger partial charge >= 0.3 is 5.97 Å². The predicted octanol–water partition coefficient (Wildman–Crippen LogP) is 3.18. The molecule has 2 heterocycles. The molecule has 0 atom stereocenters. The third kappa shape index (κ3) is 3.70. The van der Waals surface area contributed by atoms with Crippen LogP contribution in [0.2, 0.25) is 0 Å². The van der Waals surface area contributed by atoms with Crippen LogP contribution in [-0.2, 0) is 17.7 Å². The second-order valence-corrected chi connectivity index (χ2v) is 7.42. The first-order chi connectivity index (χ1) is 13.5. The Morgan fingerprint density at radius 2 is 2.00 bits per heavy atom. The highest BCUT2D eigenvalue weighted by atomic mass is 32.1. The zero-order valence-corrected chi connectivity index (χ0v) is 17.3. The van der Waals surface area contributed by atoms with Crippen LogP contribution in [0.4, 0.5) is 5.00 Å². The van der Waals surface area contributed by atoms with Gasteiger partial charge in [0.05, 0.1) is 32.5 Å². The van der Waals surface area contributed by atoms with Crippen molar-refractivity contribution in [2.24, 2.45) is 0 Å². The number of rotatable bonds is 6. The molecule has 0 saturated carbocycles. The van der Waals surface area contributed by atoms with Crippen molar-refractivity contribution in [2.75, 3.05) is 39.7 Å². The van der Waals surface area contributed by atoms with Crippen LogP contribution in [0.25, 0.3) is 0 Å². The van der Waals surface area contributed by atoms with Gasteiger partial charge in [-0.1, -0.05) is 13.0 Å². The lowest BCUT2D eigenvalue weighted by atomic mass is 10.0. The van der Waals surface area contributed by atoms with Crippen molar-refractivity contribution < 1.29 is 23.8 Å². The molecule has 1 aromatic heterocycles. The number of esters is 1. The molecule has 0 fully saturated rings. The lowest BCUT2D eigenvalue weighted by Crippen LogP contribution is -2.29. The molecule has 2 aromatic rings. The lowest BCUT2D eigenvalue weighted by Gasteiger charge is -2.25. The van der Waals surface area contributed by atoms with Gasteiger partial charge < -0.3 is 19.5 Å². The summed E-state index contributed by atoms with van der Waals surface area (Å²) < 4.78 is 15.6.